The van der Waals surface area contributed by atoms with Crippen molar-refractivity contribution in [3.63, 3.8) is 0 Å². The first kappa shape index (κ1) is 15.7. The topological polar surface area (TPSA) is 65.8 Å². The molecule has 0 bridgehead atoms. The number of rotatable bonds is 1. The second kappa shape index (κ2) is 9.41. The Morgan fingerprint density at radius 1 is 1.71 bits per heavy atom. The van der Waals surface area contributed by atoms with Gasteiger partial charge in [0, 0.05) is 6.42 Å². The van der Waals surface area contributed by atoms with Gasteiger partial charge < -0.3 is 10.6 Å². The summed E-state index contributed by atoms with van der Waals surface area (Å²) in [7, 11) is 0. The van der Waals surface area contributed by atoms with Crippen LogP contribution in [0, 0.1) is 0 Å². The normalized spacial score (nSPS) is 5.29. The third kappa shape index (κ3) is 23.6. The van der Waals surface area contributed by atoms with Gasteiger partial charge in [0.2, 0.25) is 0 Å². The van der Waals surface area contributed by atoms with E-state index in [1.807, 2.05) is 0 Å². The van der Waals surface area contributed by atoms with Crippen molar-refractivity contribution in [2.24, 2.45) is 0 Å². The molecular formula is C3H6O3Zn. The Labute approximate surface area is 54.8 Å². The van der Waals surface area contributed by atoms with Crippen molar-refractivity contribution in [3.8, 4) is 0 Å². The number of aliphatic carboxylic acids is 1. The van der Waals surface area contributed by atoms with E-state index < -0.39 is 5.97 Å². The Kier molecular flexibility index (Phi) is 21.1. The van der Waals surface area contributed by atoms with Crippen molar-refractivity contribution in [2.75, 3.05) is 0 Å². The minimum Gasteiger partial charge on any atom is -2.00 e. The van der Waals surface area contributed by atoms with Crippen LogP contribution in [0.15, 0.2) is 0 Å². The smallest absolute Gasteiger partial charge is 2.00 e. The molecule has 0 aromatic rings. The molecule has 0 radical (unpaired) electrons. The van der Waals surface area contributed by atoms with E-state index in [4.69, 9.17) is 5.11 Å². The van der Waals surface area contributed by atoms with E-state index in [1.165, 1.54) is 0 Å². The van der Waals surface area contributed by atoms with Gasteiger partial charge in [0.15, 0.2) is 0 Å². The molecule has 3 nitrogen and oxygen atoms in total. The summed E-state index contributed by atoms with van der Waals surface area (Å²) in [4.78, 5) is 9.37. The molecule has 0 aliphatic carbocycles. The molecule has 0 aromatic carbocycles. The molecule has 0 fully saturated rings. The van der Waals surface area contributed by atoms with Crippen LogP contribution < -0.4 is 0 Å². The van der Waals surface area contributed by atoms with Crippen LogP contribution >= 0.6 is 0 Å². The maximum Gasteiger partial charge on any atom is 2.00 e. The van der Waals surface area contributed by atoms with Crippen LogP contribution in [0.25, 0.3) is 0 Å². The van der Waals surface area contributed by atoms with E-state index in [9.17, 15) is 4.79 Å². The van der Waals surface area contributed by atoms with Crippen LogP contribution in [0.1, 0.15) is 13.3 Å². The number of carbonyl (C=O) groups is 1. The summed E-state index contributed by atoms with van der Waals surface area (Å²) in [6.45, 7) is 1.60. The van der Waals surface area contributed by atoms with Gasteiger partial charge in [-0.2, -0.15) is 0 Å². The minimum atomic E-state index is -0.745. The molecule has 0 atom stereocenters. The molecule has 0 aliphatic rings. The second-order valence-electron chi connectivity index (χ2n) is 0.747. The SMILES string of the molecule is CCC(=O)O.[O-2].[Zn+2]. The summed E-state index contributed by atoms with van der Waals surface area (Å²) < 4.78 is 0. The number of hydrogen-bond donors (Lipinski definition) is 1. The van der Waals surface area contributed by atoms with E-state index in [1.54, 1.807) is 6.92 Å². The van der Waals surface area contributed by atoms with E-state index in [2.05, 4.69) is 0 Å². The maximum absolute atomic E-state index is 9.37. The Hall–Kier alpha value is 0.0534. The Balaban J connectivity index is -0.0000000800. The van der Waals surface area contributed by atoms with Crippen LogP contribution in [0.4, 0.5) is 0 Å². The Morgan fingerprint density at radius 3 is 1.86 bits per heavy atom. The maximum atomic E-state index is 9.37. The Bertz CT molecular complexity index is 45.4. The third-order valence-electron chi connectivity index (χ3n) is 0.302. The molecule has 0 rings (SSSR count). The second-order valence-corrected chi connectivity index (χ2v) is 0.747. The van der Waals surface area contributed by atoms with Crippen LogP contribution in [0.2, 0.25) is 0 Å². The van der Waals surface area contributed by atoms with Gasteiger partial charge in [0.1, 0.15) is 0 Å². The summed E-state index contributed by atoms with van der Waals surface area (Å²) in [6.07, 6.45) is 0.222. The molecule has 0 aromatic heterocycles. The van der Waals surface area contributed by atoms with Crippen molar-refractivity contribution in [2.45, 2.75) is 13.3 Å². The molecule has 7 heavy (non-hydrogen) atoms. The fraction of sp³-hybridized carbons (Fsp3) is 0.667. The van der Waals surface area contributed by atoms with E-state index in [0.29, 0.717) is 0 Å². The average Bonchev–Trinajstić information content (AvgIpc) is 1.38. The fourth-order valence-corrected chi connectivity index (χ4v) is 0. The fourth-order valence-electron chi connectivity index (χ4n) is 0. The minimum absolute atomic E-state index is 0. The predicted octanol–water partition coefficient (Wildman–Crippen LogP) is 0.360. The van der Waals surface area contributed by atoms with Crippen molar-refractivity contribution < 1.29 is 34.9 Å². The van der Waals surface area contributed by atoms with Gasteiger partial charge in [0.05, 0.1) is 0 Å². The summed E-state index contributed by atoms with van der Waals surface area (Å²) in [5.41, 5.74) is 0. The number of carboxylic acid groups (broad SMARTS) is 1. The molecule has 0 saturated heterocycles. The first-order valence-corrected chi connectivity index (χ1v) is 1.49. The molecular weight excluding hydrogens is 149 g/mol. The quantitative estimate of drug-likeness (QED) is 0.556. The van der Waals surface area contributed by atoms with Gasteiger partial charge in [-0.3, -0.25) is 4.79 Å². The van der Waals surface area contributed by atoms with Gasteiger partial charge in [0.25, 0.3) is 0 Å². The third-order valence-corrected chi connectivity index (χ3v) is 0.302. The van der Waals surface area contributed by atoms with Crippen molar-refractivity contribution in [1.82, 2.24) is 0 Å². The predicted molar refractivity (Wildman–Crippen MR) is 18.6 cm³/mol. The van der Waals surface area contributed by atoms with Gasteiger partial charge in [-0.15, -0.1) is 0 Å². The summed E-state index contributed by atoms with van der Waals surface area (Å²) in [5, 5.41) is 7.72. The zero-order valence-corrected chi connectivity index (χ0v) is 7.15. The molecule has 0 aliphatic heterocycles. The van der Waals surface area contributed by atoms with Crippen LogP contribution in [-0.2, 0) is 29.7 Å². The zero-order valence-electron chi connectivity index (χ0n) is 4.18. The molecule has 1 N–H and O–H groups in total. The molecule has 0 unspecified atom stereocenters. The molecule has 0 spiro atoms. The van der Waals surface area contributed by atoms with E-state index >= 15 is 0 Å². The first-order valence-electron chi connectivity index (χ1n) is 1.49. The van der Waals surface area contributed by atoms with Crippen molar-refractivity contribution >= 4 is 5.97 Å². The van der Waals surface area contributed by atoms with Crippen LogP contribution in [0.3, 0.4) is 0 Å². The van der Waals surface area contributed by atoms with Gasteiger partial charge in [-0.05, 0) is 0 Å². The van der Waals surface area contributed by atoms with Crippen molar-refractivity contribution in [1.29, 1.82) is 0 Å². The summed E-state index contributed by atoms with van der Waals surface area (Å²) in [5.74, 6) is -0.745. The van der Waals surface area contributed by atoms with Gasteiger partial charge in [-0.1, -0.05) is 6.92 Å². The molecule has 4 heteroatoms. The largest absolute Gasteiger partial charge is 2.00 e. The van der Waals surface area contributed by atoms with Crippen molar-refractivity contribution in [3.05, 3.63) is 0 Å². The van der Waals surface area contributed by atoms with Crippen LogP contribution in [-0.4, -0.2) is 11.1 Å². The first-order chi connectivity index (χ1) is 2.27. The van der Waals surface area contributed by atoms with Crippen LogP contribution in [0.5, 0.6) is 0 Å². The van der Waals surface area contributed by atoms with E-state index in [-0.39, 0.29) is 31.4 Å². The molecule has 38 valence electrons. The molecule has 0 amide bonds. The van der Waals surface area contributed by atoms with Gasteiger partial charge in [-0.25, -0.2) is 0 Å². The Morgan fingerprint density at radius 2 is 1.86 bits per heavy atom. The van der Waals surface area contributed by atoms with E-state index in [0.717, 1.165) is 0 Å². The average molecular weight is 155 g/mol. The standard InChI is InChI=1S/C3H6O2.O.Zn/c1-2-3(4)5;;/h2H2,1H3,(H,4,5);;/q;-2;+2. The zero-order chi connectivity index (χ0) is 4.28. The monoisotopic (exact) mass is 154 g/mol. The summed E-state index contributed by atoms with van der Waals surface area (Å²) >= 11 is 0. The summed E-state index contributed by atoms with van der Waals surface area (Å²) in [6, 6.07) is 0. The van der Waals surface area contributed by atoms with Gasteiger partial charge >= 0.3 is 25.4 Å². The molecule has 0 saturated carbocycles. The number of carboxylic acids is 1. The number of hydrogen-bond acceptors (Lipinski definition) is 1. The molecule has 0 heterocycles.